The molecule has 0 bridgehead atoms. The minimum atomic E-state index is -0.879. The number of aliphatic carboxylic acids is 1. The first-order valence-corrected chi connectivity index (χ1v) is 16.0. The molecule has 3 aromatic rings. The Kier molecular flexibility index (Phi) is 11.1. The minimum Gasteiger partial charge on any atom is -0.486 e. The molecule has 0 fully saturated rings. The van der Waals surface area contributed by atoms with E-state index in [1.54, 1.807) is 6.07 Å². The monoisotopic (exact) mass is 584 g/mol. The first-order chi connectivity index (χ1) is 20.5. The third-order valence-electron chi connectivity index (χ3n) is 9.09. The van der Waals surface area contributed by atoms with Crippen molar-refractivity contribution >= 4 is 11.9 Å². The molecule has 0 radical (unpaired) electrons. The van der Waals surface area contributed by atoms with E-state index in [0.717, 1.165) is 62.7 Å². The molecular weight excluding hydrogens is 536 g/mol. The predicted octanol–water partition coefficient (Wildman–Crippen LogP) is 9.53. The summed E-state index contributed by atoms with van der Waals surface area (Å²) in [7, 11) is 0. The van der Waals surface area contributed by atoms with Gasteiger partial charge in [0.25, 0.3) is 0 Å². The van der Waals surface area contributed by atoms with Gasteiger partial charge in [0.05, 0.1) is 5.56 Å². The summed E-state index contributed by atoms with van der Waals surface area (Å²) in [6.07, 6.45) is 8.75. The number of hydrogen-bond acceptors (Lipinski definition) is 3. The standard InChI is InChI=1S/C38H48O5/c1-26(27-19-22-32(23-20-27)38(2,3)4)43-35-15-9-8-12-29(35)18-17-28(11-6-5-7-16-36(39)40)33-14-10-13-30-25-31(37(41)42)21-24-34(30)33/h8-9,12,15,19-26,28,33H,5-7,10-11,13-14,16-18H2,1-4H3,(H,39,40)(H,41,42)/t26-,28?,33-/m1/s1. The van der Waals surface area contributed by atoms with Crippen molar-refractivity contribution in [3.63, 3.8) is 0 Å². The molecule has 1 aliphatic carbocycles. The Hall–Kier alpha value is -3.60. The summed E-state index contributed by atoms with van der Waals surface area (Å²) in [6, 6.07) is 22.8. The highest BCUT2D eigenvalue weighted by molar-refractivity contribution is 5.88. The van der Waals surface area contributed by atoms with Crippen molar-refractivity contribution < 1.29 is 24.5 Å². The fraction of sp³-hybridized carbons (Fsp3) is 0.474. The van der Waals surface area contributed by atoms with Gasteiger partial charge in [0.15, 0.2) is 0 Å². The summed E-state index contributed by atoms with van der Waals surface area (Å²) in [4.78, 5) is 22.6. The molecule has 3 atom stereocenters. The topological polar surface area (TPSA) is 83.8 Å². The maximum atomic E-state index is 11.6. The number of para-hydroxylation sites is 1. The Labute approximate surface area is 257 Å². The molecule has 0 saturated heterocycles. The van der Waals surface area contributed by atoms with E-state index in [1.807, 2.05) is 18.2 Å². The molecule has 0 aromatic heterocycles. The van der Waals surface area contributed by atoms with Gasteiger partial charge >= 0.3 is 11.9 Å². The van der Waals surface area contributed by atoms with Crippen LogP contribution in [0.2, 0.25) is 0 Å². The molecule has 3 aromatic carbocycles. The number of carboxylic acid groups (broad SMARTS) is 2. The largest absolute Gasteiger partial charge is 0.486 e. The molecule has 0 heterocycles. The lowest BCUT2D eigenvalue weighted by molar-refractivity contribution is -0.137. The zero-order chi connectivity index (χ0) is 31.0. The van der Waals surface area contributed by atoms with Crippen LogP contribution in [-0.2, 0) is 23.1 Å². The number of unbranched alkanes of at least 4 members (excludes halogenated alkanes) is 2. The third-order valence-corrected chi connectivity index (χ3v) is 9.09. The highest BCUT2D eigenvalue weighted by atomic mass is 16.5. The van der Waals surface area contributed by atoms with Crippen molar-refractivity contribution in [2.45, 2.75) is 109 Å². The zero-order valence-electron chi connectivity index (χ0n) is 26.3. The van der Waals surface area contributed by atoms with Crippen LogP contribution >= 0.6 is 0 Å². The molecule has 0 spiro atoms. The molecule has 1 unspecified atom stereocenters. The summed E-state index contributed by atoms with van der Waals surface area (Å²) < 4.78 is 6.55. The van der Waals surface area contributed by atoms with Gasteiger partial charge in [-0.3, -0.25) is 4.79 Å². The van der Waals surface area contributed by atoms with Crippen molar-refractivity contribution in [2.24, 2.45) is 5.92 Å². The van der Waals surface area contributed by atoms with Crippen LogP contribution in [0.25, 0.3) is 0 Å². The Balaban J connectivity index is 1.49. The molecule has 43 heavy (non-hydrogen) atoms. The number of hydrogen-bond donors (Lipinski definition) is 2. The normalized spacial score (nSPS) is 16.2. The highest BCUT2D eigenvalue weighted by Gasteiger charge is 2.28. The molecular formula is C38H48O5. The Morgan fingerprint density at radius 2 is 1.67 bits per heavy atom. The molecule has 1 aliphatic rings. The number of carbonyl (C=O) groups is 2. The lowest BCUT2D eigenvalue weighted by Crippen LogP contribution is -2.20. The van der Waals surface area contributed by atoms with Crippen molar-refractivity contribution in [2.75, 3.05) is 0 Å². The fourth-order valence-corrected chi connectivity index (χ4v) is 6.56. The molecule has 230 valence electrons. The van der Waals surface area contributed by atoms with E-state index in [1.165, 1.54) is 22.3 Å². The van der Waals surface area contributed by atoms with Gasteiger partial charge in [0.2, 0.25) is 0 Å². The fourth-order valence-electron chi connectivity index (χ4n) is 6.56. The summed E-state index contributed by atoms with van der Waals surface area (Å²) in [5, 5.41) is 18.6. The predicted molar refractivity (Wildman–Crippen MR) is 172 cm³/mol. The van der Waals surface area contributed by atoms with Gasteiger partial charge in [-0.2, -0.15) is 0 Å². The van der Waals surface area contributed by atoms with E-state index < -0.39 is 11.9 Å². The summed E-state index contributed by atoms with van der Waals surface area (Å²) in [6.45, 7) is 8.77. The number of benzene rings is 3. The van der Waals surface area contributed by atoms with Gasteiger partial charge in [-0.1, -0.05) is 82.1 Å². The third kappa shape index (κ3) is 8.95. The molecule has 0 amide bonds. The number of aryl methyl sites for hydroxylation is 2. The Bertz CT molecular complexity index is 1370. The Morgan fingerprint density at radius 3 is 2.37 bits per heavy atom. The van der Waals surface area contributed by atoms with Crippen LogP contribution < -0.4 is 4.74 Å². The van der Waals surface area contributed by atoms with Crippen molar-refractivity contribution in [1.82, 2.24) is 0 Å². The number of rotatable bonds is 14. The maximum Gasteiger partial charge on any atom is 0.335 e. The smallest absolute Gasteiger partial charge is 0.335 e. The van der Waals surface area contributed by atoms with E-state index in [9.17, 15) is 14.7 Å². The minimum absolute atomic E-state index is 0.0751. The molecule has 5 nitrogen and oxygen atoms in total. The Morgan fingerprint density at radius 1 is 0.930 bits per heavy atom. The van der Waals surface area contributed by atoms with Crippen molar-refractivity contribution in [3.05, 3.63) is 100 Å². The first-order valence-electron chi connectivity index (χ1n) is 16.0. The summed E-state index contributed by atoms with van der Waals surface area (Å²) >= 11 is 0. The maximum absolute atomic E-state index is 11.6. The van der Waals surface area contributed by atoms with E-state index >= 15 is 0 Å². The number of aromatic carboxylic acids is 1. The summed E-state index contributed by atoms with van der Waals surface area (Å²) in [5.41, 5.74) is 6.60. The number of fused-ring (bicyclic) bond motifs is 1. The summed E-state index contributed by atoms with van der Waals surface area (Å²) in [5.74, 6) is 0.110. The lowest BCUT2D eigenvalue weighted by Gasteiger charge is -2.33. The average molecular weight is 585 g/mol. The van der Waals surface area contributed by atoms with Crippen LogP contribution in [-0.4, -0.2) is 22.2 Å². The van der Waals surface area contributed by atoms with Crippen molar-refractivity contribution in [1.29, 1.82) is 0 Å². The second-order valence-electron chi connectivity index (χ2n) is 13.2. The van der Waals surface area contributed by atoms with Crippen molar-refractivity contribution in [3.8, 4) is 5.75 Å². The molecule has 5 heteroatoms. The van der Waals surface area contributed by atoms with Gasteiger partial charge in [0, 0.05) is 6.42 Å². The zero-order valence-corrected chi connectivity index (χ0v) is 26.3. The van der Waals surface area contributed by atoms with Gasteiger partial charge in [-0.05, 0) is 115 Å². The number of ether oxygens (including phenoxy) is 1. The molecule has 4 rings (SSSR count). The van der Waals surface area contributed by atoms with E-state index in [2.05, 4.69) is 70.2 Å². The molecule has 2 N–H and O–H groups in total. The second kappa shape index (κ2) is 14.7. The average Bonchev–Trinajstić information content (AvgIpc) is 2.98. The van der Waals surface area contributed by atoms with Crippen LogP contribution in [0.4, 0.5) is 0 Å². The SMILES string of the molecule is C[C@@H](Oc1ccccc1CCC(CCCCCC(=O)O)[C@H]1CCCc2cc(C(=O)O)ccc21)c1ccc(C(C)(C)C)cc1. The van der Waals surface area contributed by atoms with Crippen LogP contribution in [0.1, 0.15) is 129 Å². The molecule has 0 saturated carbocycles. The van der Waals surface area contributed by atoms with Crippen LogP contribution in [0, 0.1) is 5.92 Å². The van der Waals surface area contributed by atoms with Gasteiger partial charge in [0.1, 0.15) is 11.9 Å². The van der Waals surface area contributed by atoms with Gasteiger partial charge in [-0.15, -0.1) is 0 Å². The van der Waals surface area contributed by atoms with Gasteiger partial charge in [-0.25, -0.2) is 4.79 Å². The highest BCUT2D eigenvalue weighted by Crippen LogP contribution is 2.42. The first kappa shape index (κ1) is 32.3. The number of carboxylic acids is 2. The van der Waals surface area contributed by atoms with Crippen LogP contribution in [0.3, 0.4) is 0 Å². The molecule has 0 aliphatic heterocycles. The van der Waals surface area contributed by atoms with Crippen LogP contribution in [0.15, 0.2) is 66.7 Å². The lowest BCUT2D eigenvalue weighted by atomic mass is 9.72. The van der Waals surface area contributed by atoms with Gasteiger partial charge < -0.3 is 14.9 Å². The quantitative estimate of drug-likeness (QED) is 0.184. The van der Waals surface area contributed by atoms with E-state index in [0.29, 0.717) is 23.8 Å². The second-order valence-corrected chi connectivity index (χ2v) is 13.2. The van der Waals surface area contributed by atoms with E-state index in [-0.39, 0.29) is 17.9 Å². The van der Waals surface area contributed by atoms with Crippen LogP contribution in [0.5, 0.6) is 5.75 Å². The van der Waals surface area contributed by atoms with E-state index in [4.69, 9.17) is 9.84 Å².